The van der Waals surface area contributed by atoms with Crippen LogP contribution in [0.15, 0.2) is 204 Å². The maximum atomic E-state index is 3.93. The minimum atomic E-state index is -0.317. The number of hydrogen-bond acceptors (Lipinski definition) is 2. The first kappa shape index (κ1) is 38.6. The summed E-state index contributed by atoms with van der Waals surface area (Å²) in [5.41, 5.74) is 23.5. The standard InChI is InChI=1S/C55H53BN2/c1-9-10-12-22-39(2)57(46-30-19-20-31-46)50-37-45(55(7,8)42-27-17-18-28-42)38-51-52(50)56-48-34-33-44(54(5,6)40-23-13-11-14-24-40)36-49(48)58(51)47-32-21-29-43(35-47)53(3,4)41-25-15-16-26-41/h9-25,27,29-30,32-38,56H,1,31H2,2-8H3/b12-10-,39-22+. The van der Waals surface area contributed by atoms with Crippen LogP contribution >= 0.6 is 0 Å². The molecule has 286 valence electrons. The van der Waals surface area contributed by atoms with Crippen LogP contribution in [0.4, 0.5) is 22.7 Å². The highest BCUT2D eigenvalue weighted by Gasteiger charge is 2.36. The molecule has 0 spiro atoms. The van der Waals surface area contributed by atoms with Gasteiger partial charge < -0.3 is 9.80 Å². The highest BCUT2D eigenvalue weighted by atomic mass is 15.2. The van der Waals surface area contributed by atoms with E-state index in [2.05, 4.69) is 216 Å². The highest BCUT2D eigenvalue weighted by molar-refractivity contribution is 6.73. The van der Waals surface area contributed by atoms with Crippen molar-refractivity contribution >= 4 is 41.0 Å². The van der Waals surface area contributed by atoms with E-state index >= 15 is 0 Å². The van der Waals surface area contributed by atoms with Crippen LogP contribution in [0, 0.1) is 0 Å². The van der Waals surface area contributed by atoms with Crippen LogP contribution < -0.4 is 20.7 Å². The van der Waals surface area contributed by atoms with Crippen LogP contribution in [0.3, 0.4) is 0 Å². The van der Waals surface area contributed by atoms with Gasteiger partial charge in [-0.3, -0.25) is 0 Å². The van der Waals surface area contributed by atoms with Crippen LogP contribution in [0.25, 0.3) is 0 Å². The Morgan fingerprint density at radius 2 is 1.38 bits per heavy atom. The quantitative estimate of drug-likeness (QED) is 0.0711. The molecule has 1 aliphatic heterocycles. The molecule has 0 unspecified atom stereocenters. The number of hydrogen-bond donors (Lipinski definition) is 0. The summed E-state index contributed by atoms with van der Waals surface area (Å²) in [5, 5.41) is 0. The topological polar surface area (TPSA) is 6.48 Å². The molecule has 3 aliphatic carbocycles. The van der Waals surface area contributed by atoms with Crippen LogP contribution in [-0.2, 0) is 16.2 Å². The highest BCUT2D eigenvalue weighted by Crippen LogP contribution is 2.46. The normalized spacial score (nSPS) is 15.7. The Hall–Kier alpha value is -6.24. The van der Waals surface area contributed by atoms with Crippen molar-refractivity contribution in [1.29, 1.82) is 0 Å². The second kappa shape index (κ2) is 15.3. The Morgan fingerprint density at radius 3 is 2.03 bits per heavy atom. The zero-order chi connectivity index (χ0) is 40.7. The minimum absolute atomic E-state index is 0.206. The van der Waals surface area contributed by atoms with E-state index in [0.29, 0.717) is 0 Å². The van der Waals surface area contributed by atoms with Gasteiger partial charge in [-0.15, -0.1) is 11.5 Å². The number of allylic oxidation sites excluding steroid dienone is 14. The van der Waals surface area contributed by atoms with E-state index in [4.69, 9.17) is 0 Å². The lowest BCUT2D eigenvalue weighted by atomic mass is 9.58. The predicted molar refractivity (Wildman–Crippen MR) is 251 cm³/mol. The third-order valence-electron chi connectivity index (χ3n) is 12.7. The van der Waals surface area contributed by atoms with Gasteiger partial charge in [0.2, 0.25) is 7.28 Å². The number of nitrogens with zero attached hydrogens (tertiary/aromatic N) is 2. The molecule has 58 heavy (non-hydrogen) atoms. The largest absolute Gasteiger partial charge is 0.318 e. The average Bonchev–Trinajstić information content (AvgIpc) is 4.06. The van der Waals surface area contributed by atoms with Gasteiger partial charge in [0.25, 0.3) is 0 Å². The molecular formula is C55H53BN2. The molecule has 3 heteroatoms. The Kier molecular flexibility index (Phi) is 10.2. The summed E-state index contributed by atoms with van der Waals surface area (Å²) >= 11 is 0. The van der Waals surface area contributed by atoms with E-state index in [0.717, 1.165) is 25.1 Å². The third kappa shape index (κ3) is 6.92. The lowest BCUT2D eigenvalue weighted by Gasteiger charge is -2.40. The van der Waals surface area contributed by atoms with Crippen molar-refractivity contribution in [3.63, 3.8) is 0 Å². The van der Waals surface area contributed by atoms with Gasteiger partial charge in [-0.05, 0) is 101 Å². The first-order valence-corrected chi connectivity index (χ1v) is 20.6. The minimum Gasteiger partial charge on any atom is -0.318 e. The molecule has 0 saturated heterocycles. The van der Waals surface area contributed by atoms with E-state index < -0.39 is 0 Å². The van der Waals surface area contributed by atoms with Crippen LogP contribution in [0.2, 0.25) is 0 Å². The maximum Gasteiger partial charge on any atom is 0.200 e. The van der Waals surface area contributed by atoms with Crippen molar-refractivity contribution in [2.75, 3.05) is 9.80 Å². The molecule has 4 aromatic rings. The Morgan fingerprint density at radius 1 is 0.707 bits per heavy atom. The summed E-state index contributed by atoms with van der Waals surface area (Å²) < 4.78 is 0. The monoisotopic (exact) mass is 752 g/mol. The molecular weight excluding hydrogens is 699 g/mol. The van der Waals surface area contributed by atoms with Crippen LogP contribution in [0.5, 0.6) is 0 Å². The first-order chi connectivity index (χ1) is 27.9. The second-order valence-electron chi connectivity index (χ2n) is 17.4. The average molecular weight is 753 g/mol. The first-order valence-electron chi connectivity index (χ1n) is 20.6. The van der Waals surface area contributed by atoms with Gasteiger partial charge in [0.05, 0.1) is 0 Å². The molecule has 8 rings (SSSR count). The smallest absolute Gasteiger partial charge is 0.200 e. The van der Waals surface area contributed by atoms with E-state index in [1.54, 1.807) is 0 Å². The number of fused-ring (bicyclic) bond motifs is 2. The van der Waals surface area contributed by atoms with Gasteiger partial charge in [0.1, 0.15) is 0 Å². The summed E-state index contributed by atoms with van der Waals surface area (Å²) in [5.74, 6) is 0. The SMILES string of the molecule is C=C/C=C\C=C(/C)N(C1=CC=CC1)c1cc(C(C)(C)C2=C=CC=C2)cc2c1Bc1ccc(C(C)(C)c3ccccc3)cc1N2c1cccc(C(C)(C)C2=C=CC=C2)c1. The fourth-order valence-corrected chi connectivity index (χ4v) is 8.82. The molecule has 0 radical (unpaired) electrons. The molecule has 0 saturated carbocycles. The Labute approximate surface area is 347 Å². The van der Waals surface area contributed by atoms with E-state index in [9.17, 15) is 0 Å². The summed E-state index contributed by atoms with van der Waals surface area (Å²) in [7, 11) is 0.798. The van der Waals surface area contributed by atoms with E-state index in [1.165, 1.54) is 67.1 Å². The molecule has 0 aromatic heterocycles. The molecule has 0 N–H and O–H groups in total. The predicted octanol–water partition coefficient (Wildman–Crippen LogP) is 12.3. The number of benzene rings is 4. The van der Waals surface area contributed by atoms with Crippen LogP contribution in [0.1, 0.15) is 77.1 Å². The van der Waals surface area contributed by atoms with E-state index in [1.807, 2.05) is 24.3 Å². The number of rotatable bonds is 12. The maximum absolute atomic E-state index is 3.93. The molecule has 0 atom stereocenters. The molecule has 0 amide bonds. The van der Waals surface area contributed by atoms with Gasteiger partial charge in [-0.25, -0.2) is 0 Å². The van der Waals surface area contributed by atoms with Crippen molar-refractivity contribution in [2.24, 2.45) is 0 Å². The van der Waals surface area contributed by atoms with Gasteiger partial charge in [0, 0.05) is 68.0 Å². The zero-order valence-electron chi connectivity index (χ0n) is 35.1. The summed E-state index contributed by atoms with van der Waals surface area (Å²) in [4.78, 5) is 5.04. The fourth-order valence-electron chi connectivity index (χ4n) is 8.82. The lowest BCUT2D eigenvalue weighted by Crippen LogP contribution is -2.43. The number of anilines is 4. The molecule has 0 bridgehead atoms. The zero-order valence-corrected chi connectivity index (χ0v) is 35.1. The van der Waals surface area contributed by atoms with Gasteiger partial charge in [-0.1, -0.05) is 151 Å². The van der Waals surface area contributed by atoms with Gasteiger partial charge >= 0.3 is 0 Å². The Bertz CT molecular complexity index is 2640. The van der Waals surface area contributed by atoms with Crippen molar-refractivity contribution in [3.05, 3.63) is 227 Å². The van der Waals surface area contributed by atoms with Crippen molar-refractivity contribution < 1.29 is 0 Å². The van der Waals surface area contributed by atoms with Crippen molar-refractivity contribution in [3.8, 4) is 0 Å². The molecule has 2 nitrogen and oxygen atoms in total. The summed E-state index contributed by atoms with van der Waals surface area (Å²) in [6, 6.07) is 32.2. The Balaban J connectivity index is 1.42. The third-order valence-corrected chi connectivity index (χ3v) is 12.7. The lowest BCUT2D eigenvalue weighted by molar-refractivity contribution is 0.640. The van der Waals surface area contributed by atoms with Gasteiger partial charge in [0.15, 0.2) is 0 Å². The molecule has 4 aliphatic rings. The second-order valence-corrected chi connectivity index (χ2v) is 17.4. The summed E-state index contributed by atoms with van der Waals surface area (Å²) in [6.45, 7) is 20.1. The van der Waals surface area contributed by atoms with Crippen LogP contribution in [-0.4, -0.2) is 7.28 Å². The van der Waals surface area contributed by atoms with E-state index in [-0.39, 0.29) is 16.2 Å². The van der Waals surface area contributed by atoms with Crippen molar-refractivity contribution in [2.45, 2.75) is 71.1 Å². The summed E-state index contributed by atoms with van der Waals surface area (Å²) in [6.07, 6.45) is 28.3. The molecule has 0 fully saturated rings. The fraction of sp³-hybridized carbons (Fsp3) is 0.200. The molecule has 4 aromatic carbocycles. The van der Waals surface area contributed by atoms with Gasteiger partial charge in [-0.2, -0.15) is 0 Å². The van der Waals surface area contributed by atoms with Crippen molar-refractivity contribution in [1.82, 2.24) is 0 Å². The molecule has 1 heterocycles.